The number of benzene rings is 1. The van der Waals surface area contributed by atoms with E-state index in [1.165, 1.54) is 12.1 Å². The average Bonchev–Trinajstić information content (AvgIpc) is 2.43. The minimum Gasteiger partial charge on any atom is -0.507 e. The van der Waals surface area contributed by atoms with E-state index >= 15 is 0 Å². The van der Waals surface area contributed by atoms with Gasteiger partial charge in [-0.25, -0.2) is 4.79 Å². The highest BCUT2D eigenvalue weighted by Gasteiger charge is 2.18. The fourth-order valence-electron chi connectivity index (χ4n) is 1.77. The van der Waals surface area contributed by atoms with Crippen molar-refractivity contribution in [2.24, 2.45) is 0 Å². The smallest absolute Gasteiger partial charge is 0.345 e. The van der Waals surface area contributed by atoms with Gasteiger partial charge in [-0.3, -0.25) is 9.59 Å². The number of phenols is 2. The molecule has 1 aromatic carbocycles. The van der Waals surface area contributed by atoms with Gasteiger partial charge in [0.15, 0.2) is 0 Å². The number of ether oxygens (including phenoxy) is 1. The number of amides is 1. The zero-order valence-corrected chi connectivity index (χ0v) is 12.0. The lowest BCUT2D eigenvalue weighted by molar-refractivity contribution is -0.137. The number of phenolic OH excluding ortho intramolecular Hbond substituents is 2. The zero-order chi connectivity index (χ0) is 16.7. The van der Waals surface area contributed by atoms with Crippen LogP contribution in [0.5, 0.6) is 11.5 Å². The number of aliphatic carboxylic acids is 1. The van der Waals surface area contributed by atoms with Crippen molar-refractivity contribution in [1.29, 1.82) is 0 Å². The van der Waals surface area contributed by atoms with Crippen LogP contribution in [0.25, 0.3) is 0 Å². The fourth-order valence-corrected chi connectivity index (χ4v) is 1.77. The predicted octanol–water partition coefficient (Wildman–Crippen LogP) is 0.755. The first kappa shape index (κ1) is 17.3. The van der Waals surface area contributed by atoms with Crippen LogP contribution in [0.3, 0.4) is 0 Å². The third-order valence-electron chi connectivity index (χ3n) is 2.83. The normalized spacial score (nSPS) is 10.0. The Morgan fingerprint density at radius 3 is 2.23 bits per heavy atom. The van der Waals surface area contributed by atoms with Crippen LogP contribution in [0.2, 0.25) is 0 Å². The first-order valence-electron chi connectivity index (χ1n) is 6.46. The van der Waals surface area contributed by atoms with Crippen molar-refractivity contribution in [1.82, 2.24) is 5.32 Å². The lowest BCUT2D eigenvalue weighted by Crippen LogP contribution is -2.22. The predicted molar refractivity (Wildman–Crippen MR) is 74.4 cm³/mol. The number of rotatable bonds is 7. The van der Waals surface area contributed by atoms with Crippen molar-refractivity contribution in [3.63, 3.8) is 0 Å². The molecule has 0 spiro atoms. The third kappa shape index (κ3) is 4.97. The van der Waals surface area contributed by atoms with Crippen LogP contribution in [0, 0.1) is 0 Å². The quantitative estimate of drug-likeness (QED) is 0.546. The van der Waals surface area contributed by atoms with Gasteiger partial charge in [0.25, 0.3) is 0 Å². The molecule has 0 saturated carbocycles. The molecule has 0 aliphatic rings. The van der Waals surface area contributed by atoms with Gasteiger partial charge in [-0.1, -0.05) is 0 Å². The summed E-state index contributed by atoms with van der Waals surface area (Å²) in [5, 5.41) is 30.4. The molecule has 0 saturated heterocycles. The van der Waals surface area contributed by atoms with Crippen LogP contribution in [0.4, 0.5) is 0 Å². The summed E-state index contributed by atoms with van der Waals surface area (Å²) >= 11 is 0. The SMILES string of the molecule is COC(=O)c1c(O)cc(CNC(=O)CCCC(=O)O)cc1O. The molecule has 0 aromatic heterocycles. The molecule has 0 unspecified atom stereocenters. The summed E-state index contributed by atoms with van der Waals surface area (Å²) in [7, 11) is 1.12. The van der Waals surface area contributed by atoms with Crippen LogP contribution in [0.1, 0.15) is 35.2 Å². The molecule has 0 bridgehead atoms. The molecule has 0 radical (unpaired) electrons. The second kappa shape index (κ2) is 7.87. The largest absolute Gasteiger partial charge is 0.507 e. The van der Waals surface area contributed by atoms with Crippen LogP contribution < -0.4 is 5.32 Å². The number of carboxylic acids is 1. The summed E-state index contributed by atoms with van der Waals surface area (Å²) in [4.78, 5) is 33.2. The Labute approximate surface area is 126 Å². The summed E-state index contributed by atoms with van der Waals surface area (Å²) in [6, 6.07) is 2.45. The lowest BCUT2D eigenvalue weighted by atomic mass is 10.1. The van der Waals surface area contributed by atoms with E-state index in [9.17, 15) is 24.6 Å². The number of aromatic hydroxyl groups is 2. The van der Waals surface area contributed by atoms with Crippen LogP contribution in [-0.2, 0) is 20.9 Å². The number of carboxylic acid groups (broad SMARTS) is 1. The molecule has 1 rings (SSSR count). The Balaban J connectivity index is 2.62. The number of carbonyl (C=O) groups is 3. The number of esters is 1. The number of hydrogen-bond acceptors (Lipinski definition) is 6. The Kier molecular flexibility index (Phi) is 6.18. The highest BCUT2D eigenvalue weighted by molar-refractivity contribution is 5.95. The molecular formula is C14H17NO7. The van der Waals surface area contributed by atoms with Crippen molar-refractivity contribution >= 4 is 17.8 Å². The van der Waals surface area contributed by atoms with Gasteiger partial charge in [-0.05, 0) is 24.1 Å². The Morgan fingerprint density at radius 2 is 1.73 bits per heavy atom. The molecule has 8 heteroatoms. The zero-order valence-electron chi connectivity index (χ0n) is 12.0. The van der Waals surface area contributed by atoms with Gasteiger partial charge in [-0.2, -0.15) is 0 Å². The van der Waals surface area contributed by atoms with Gasteiger partial charge < -0.3 is 25.4 Å². The molecule has 0 heterocycles. The number of hydrogen-bond donors (Lipinski definition) is 4. The molecule has 1 aromatic rings. The van der Waals surface area contributed by atoms with E-state index in [0.29, 0.717) is 5.56 Å². The Bertz CT molecular complexity index is 560. The molecular weight excluding hydrogens is 294 g/mol. The minimum atomic E-state index is -0.971. The van der Waals surface area contributed by atoms with E-state index in [4.69, 9.17) is 5.11 Å². The van der Waals surface area contributed by atoms with Gasteiger partial charge in [-0.15, -0.1) is 0 Å². The number of carbonyl (C=O) groups excluding carboxylic acids is 2. The number of methoxy groups -OCH3 is 1. The Morgan fingerprint density at radius 1 is 1.14 bits per heavy atom. The van der Waals surface area contributed by atoms with E-state index < -0.39 is 23.4 Å². The molecule has 0 atom stereocenters. The second-order valence-corrected chi connectivity index (χ2v) is 4.52. The maximum atomic E-state index is 11.5. The van der Waals surface area contributed by atoms with E-state index in [0.717, 1.165) is 7.11 Å². The van der Waals surface area contributed by atoms with E-state index in [2.05, 4.69) is 10.1 Å². The van der Waals surface area contributed by atoms with Crippen molar-refractivity contribution in [3.8, 4) is 11.5 Å². The summed E-state index contributed by atoms with van der Waals surface area (Å²) in [5.74, 6) is -3.11. The van der Waals surface area contributed by atoms with Crippen molar-refractivity contribution in [3.05, 3.63) is 23.3 Å². The second-order valence-electron chi connectivity index (χ2n) is 4.52. The van der Waals surface area contributed by atoms with Gasteiger partial charge in [0.2, 0.25) is 5.91 Å². The van der Waals surface area contributed by atoms with Gasteiger partial charge in [0.05, 0.1) is 7.11 Å². The molecule has 22 heavy (non-hydrogen) atoms. The molecule has 4 N–H and O–H groups in total. The van der Waals surface area contributed by atoms with Crippen molar-refractivity contribution in [2.75, 3.05) is 7.11 Å². The maximum Gasteiger partial charge on any atom is 0.345 e. The fraction of sp³-hybridized carbons (Fsp3) is 0.357. The van der Waals surface area contributed by atoms with Gasteiger partial charge >= 0.3 is 11.9 Å². The summed E-state index contributed by atoms with van der Waals surface area (Å²) in [6.45, 7) is 0.0223. The molecule has 0 fully saturated rings. The monoisotopic (exact) mass is 311 g/mol. The summed E-state index contributed by atoms with van der Waals surface area (Å²) in [6.07, 6.45) is 0.187. The van der Waals surface area contributed by atoms with Crippen molar-refractivity contribution in [2.45, 2.75) is 25.8 Å². The molecule has 1 amide bonds. The van der Waals surface area contributed by atoms with E-state index in [1.807, 2.05) is 0 Å². The van der Waals surface area contributed by atoms with Crippen LogP contribution >= 0.6 is 0 Å². The standard InChI is InChI=1S/C14H17NO7/c1-22-14(21)13-9(16)5-8(6-10(13)17)7-15-11(18)3-2-4-12(19)20/h5-6,16-17H,2-4,7H2,1H3,(H,15,18)(H,19,20). The number of nitrogens with one attached hydrogen (secondary N) is 1. The molecule has 0 aliphatic heterocycles. The highest BCUT2D eigenvalue weighted by atomic mass is 16.5. The average molecular weight is 311 g/mol. The van der Waals surface area contributed by atoms with Crippen LogP contribution in [0.15, 0.2) is 12.1 Å². The Hall–Kier alpha value is -2.77. The first-order valence-corrected chi connectivity index (χ1v) is 6.46. The first-order chi connectivity index (χ1) is 10.3. The van der Waals surface area contributed by atoms with Gasteiger partial charge in [0, 0.05) is 19.4 Å². The highest BCUT2D eigenvalue weighted by Crippen LogP contribution is 2.29. The van der Waals surface area contributed by atoms with Crippen LogP contribution in [-0.4, -0.2) is 40.3 Å². The molecule has 8 nitrogen and oxygen atoms in total. The topological polar surface area (TPSA) is 133 Å². The third-order valence-corrected chi connectivity index (χ3v) is 2.83. The summed E-state index contributed by atoms with van der Waals surface area (Å²) < 4.78 is 4.42. The maximum absolute atomic E-state index is 11.5. The van der Waals surface area contributed by atoms with Gasteiger partial charge in [0.1, 0.15) is 17.1 Å². The van der Waals surface area contributed by atoms with Crippen molar-refractivity contribution < 1.29 is 34.4 Å². The van der Waals surface area contributed by atoms with E-state index in [-0.39, 0.29) is 37.3 Å². The summed E-state index contributed by atoms with van der Waals surface area (Å²) in [5.41, 5.74) is 0.0354. The molecule has 120 valence electrons. The molecule has 0 aliphatic carbocycles. The van der Waals surface area contributed by atoms with E-state index in [1.54, 1.807) is 0 Å². The lowest BCUT2D eigenvalue weighted by Gasteiger charge is -2.09. The minimum absolute atomic E-state index is 0.0223.